The molecule has 1 aromatic carbocycles. The van der Waals surface area contributed by atoms with Gasteiger partial charge in [0.15, 0.2) is 0 Å². The average molecular weight is 413 g/mol. The van der Waals surface area contributed by atoms with Crippen molar-refractivity contribution in [3.8, 4) is 11.8 Å². The predicted molar refractivity (Wildman–Crippen MR) is 99.0 cm³/mol. The van der Waals surface area contributed by atoms with E-state index in [1.807, 2.05) is 0 Å². The topological polar surface area (TPSA) is 117 Å². The molecule has 0 bridgehead atoms. The number of urea groups is 1. The molecule has 29 heavy (non-hydrogen) atoms. The largest absolute Gasteiger partial charge is 1.00 e. The van der Waals surface area contributed by atoms with E-state index in [0.29, 0.717) is 17.5 Å². The number of esters is 1. The first-order valence-electron chi connectivity index (χ1n) is 8.12. The zero-order valence-electron chi connectivity index (χ0n) is 18.0. The molecule has 0 saturated carbocycles. The maximum absolute atomic E-state index is 12.7. The van der Waals surface area contributed by atoms with Gasteiger partial charge in [-0.25, -0.2) is 19.7 Å². The SMILES string of the molecule is COC(=O)c1ccc(C[N+](C)(C=O)C(=O)Nc2nc(OC)cc(OC)n2)cc1.[H-].[Na+]. The van der Waals surface area contributed by atoms with E-state index in [1.54, 1.807) is 24.3 Å². The van der Waals surface area contributed by atoms with E-state index >= 15 is 0 Å². The van der Waals surface area contributed by atoms with Gasteiger partial charge in [-0.1, -0.05) is 12.1 Å². The smallest absolute Gasteiger partial charge is 1.00 e. The molecule has 1 heterocycles. The van der Waals surface area contributed by atoms with Gasteiger partial charge in [-0.2, -0.15) is 14.5 Å². The summed E-state index contributed by atoms with van der Waals surface area (Å²) in [6.07, 6.45) is 0.501. The van der Waals surface area contributed by atoms with Crippen molar-refractivity contribution in [3.05, 3.63) is 41.5 Å². The van der Waals surface area contributed by atoms with Crippen LogP contribution in [0.3, 0.4) is 0 Å². The first-order chi connectivity index (χ1) is 13.3. The Kier molecular flexibility index (Phi) is 9.18. The van der Waals surface area contributed by atoms with Crippen molar-refractivity contribution in [3.63, 3.8) is 0 Å². The first kappa shape index (κ1) is 24.5. The Labute approximate surface area is 191 Å². The Bertz CT molecular complexity index is 861. The third-order valence-electron chi connectivity index (χ3n) is 3.90. The van der Waals surface area contributed by atoms with Crippen LogP contribution in [0, 0.1) is 0 Å². The van der Waals surface area contributed by atoms with Crippen LogP contribution in [0.2, 0.25) is 0 Å². The molecule has 2 rings (SSSR count). The number of nitrogens with zero attached hydrogens (tertiary/aromatic N) is 3. The minimum Gasteiger partial charge on any atom is -1.00 e. The first-order valence-corrected chi connectivity index (χ1v) is 8.12. The van der Waals surface area contributed by atoms with Gasteiger partial charge in [0.25, 0.3) is 0 Å². The molecule has 3 amide bonds. The summed E-state index contributed by atoms with van der Waals surface area (Å²) in [5.41, 5.74) is 1.04. The number of methoxy groups -OCH3 is 3. The number of imide groups is 1. The van der Waals surface area contributed by atoms with Crippen LogP contribution in [0.1, 0.15) is 17.3 Å². The van der Waals surface area contributed by atoms with Crippen molar-refractivity contribution in [2.24, 2.45) is 0 Å². The molecule has 0 aliphatic carbocycles. The second-order valence-electron chi connectivity index (χ2n) is 5.93. The Hall–Kier alpha value is -2.53. The Morgan fingerprint density at radius 3 is 2.10 bits per heavy atom. The summed E-state index contributed by atoms with van der Waals surface area (Å²) in [6, 6.07) is 7.21. The molecule has 0 spiro atoms. The fourth-order valence-electron chi connectivity index (χ4n) is 2.29. The summed E-state index contributed by atoms with van der Waals surface area (Å²) in [5, 5.41) is 2.49. The molecule has 0 saturated heterocycles. The molecule has 1 aromatic heterocycles. The second-order valence-corrected chi connectivity index (χ2v) is 5.93. The number of ether oxygens (including phenoxy) is 3. The van der Waals surface area contributed by atoms with Gasteiger partial charge in [0.2, 0.25) is 17.7 Å². The van der Waals surface area contributed by atoms with Crippen molar-refractivity contribution in [1.29, 1.82) is 0 Å². The van der Waals surface area contributed by atoms with Crippen LogP contribution in [0.15, 0.2) is 30.3 Å². The van der Waals surface area contributed by atoms with E-state index < -0.39 is 16.5 Å². The fraction of sp³-hybridized carbons (Fsp3) is 0.278. The number of aromatic nitrogens is 2. The van der Waals surface area contributed by atoms with Crippen molar-refractivity contribution < 1.29 is 64.1 Å². The number of hydrogen-bond donors (Lipinski definition) is 1. The number of rotatable bonds is 7. The van der Waals surface area contributed by atoms with Gasteiger partial charge < -0.3 is 15.6 Å². The minimum absolute atomic E-state index is 0. The zero-order valence-corrected chi connectivity index (χ0v) is 19.0. The molecule has 150 valence electrons. The third kappa shape index (κ3) is 6.23. The second kappa shape index (κ2) is 10.9. The Morgan fingerprint density at radius 2 is 1.66 bits per heavy atom. The number of benzene rings is 1. The van der Waals surface area contributed by atoms with Gasteiger partial charge in [-0.3, -0.25) is 0 Å². The monoisotopic (exact) mass is 413 g/mol. The summed E-state index contributed by atoms with van der Waals surface area (Å²) in [7, 11) is 5.55. The van der Waals surface area contributed by atoms with E-state index in [0.717, 1.165) is 0 Å². The molecule has 1 atom stereocenters. The van der Waals surface area contributed by atoms with E-state index in [2.05, 4.69) is 20.0 Å². The van der Waals surface area contributed by atoms with Crippen LogP contribution >= 0.6 is 0 Å². The molecule has 0 aliphatic rings. The van der Waals surface area contributed by atoms with Crippen molar-refractivity contribution in [2.75, 3.05) is 33.7 Å². The van der Waals surface area contributed by atoms with Gasteiger partial charge in [-0.15, -0.1) is 0 Å². The number of amides is 3. The van der Waals surface area contributed by atoms with Gasteiger partial charge in [-0.05, 0) is 12.1 Å². The number of carbonyl (C=O) groups excluding carboxylic acids is 3. The maximum Gasteiger partial charge on any atom is 1.00 e. The average Bonchev–Trinajstić information content (AvgIpc) is 2.73. The van der Waals surface area contributed by atoms with Gasteiger partial charge in [0.1, 0.15) is 6.54 Å². The summed E-state index contributed by atoms with van der Waals surface area (Å²) < 4.78 is 14.1. The van der Waals surface area contributed by atoms with Crippen LogP contribution in [0.5, 0.6) is 11.8 Å². The quantitative estimate of drug-likeness (QED) is 0.259. The molecule has 2 aromatic rings. The van der Waals surface area contributed by atoms with E-state index in [4.69, 9.17) is 9.47 Å². The van der Waals surface area contributed by atoms with Crippen molar-refractivity contribution >= 4 is 24.4 Å². The summed E-state index contributed by atoms with van der Waals surface area (Å²) >= 11 is 0. The molecular formula is C18H22N4NaO6+. The van der Waals surface area contributed by atoms with E-state index in [-0.39, 0.29) is 55.2 Å². The van der Waals surface area contributed by atoms with Crippen molar-refractivity contribution in [2.45, 2.75) is 6.54 Å². The summed E-state index contributed by atoms with van der Waals surface area (Å²) in [4.78, 5) is 43.9. The summed E-state index contributed by atoms with van der Waals surface area (Å²) in [6.45, 7) is 0.0535. The van der Waals surface area contributed by atoms with Crippen molar-refractivity contribution in [1.82, 2.24) is 9.97 Å². The normalized spacial score (nSPS) is 12.0. The van der Waals surface area contributed by atoms with Gasteiger partial charge in [0, 0.05) is 5.56 Å². The fourth-order valence-corrected chi connectivity index (χ4v) is 2.29. The van der Waals surface area contributed by atoms with Crippen LogP contribution in [-0.4, -0.2) is 61.2 Å². The van der Waals surface area contributed by atoms with E-state index in [1.165, 1.54) is 34.4 Å². The van der Waals surface area contributed by atoms with Crippen LogP contribution in [0.25, 0.3) is 0 Å². The number of anilines is 1. The molecule has 11 heteroatoms. The van der Waals surface area contributed by atoms with Gasteiger partial charge in [0.05, 0.1) is 40.0 Å². The maximum atomic E-state index is 12.7. The number of carbonyl (C=O) groups is 3. The molecular weight excluding hydrogens is 391 g/mol. The molecule has 0 aliphatic heterocycles. The molecule has 0 radical (unpaired) electrons. The van der Waals surface area contributed by atoms with E-state index in [9.17, 15) is 14.4 Å². The van der Waals surface area contributed by atoms with Gasteiger partial charge >= 0.3 is 48.0 Å². The number of nitrogens with one attached hydrogen (secondary N) is 1. The molecule has 1 N–H and O–H groups in total. The summed E-state index contributed by atoms with van der Waals surface area (Å²) in [5.74, 6) is -0.142. The van der Waals surface area contributed by atoms with Crippen LogP contribution in [-0.2, 0) is 16.1 Å². The molecule has 1 unspecified atom stereocenters. The Balaban J connectivity index is 0.00000420. The predicted octanol–water partition coefficient (Wildman–Crippen LogP) is -1.27. The third-order valence-corrected chi connectivity index (χ3v) is 3.90. The number of quaternary nitrogens is 1. The number of hydrogen-bond acceptors (Lipinski definition) is 8. The minimum atomic E-state index is -0.651. The van der Waals surface area contributed by atoms with Crippen LogP contribution < -0.4 is 44.3 Å². The zero-order chi connectivity index (χ0) is 20.7. The molecule has 0 fully saturated rings. The van der Waals surface area contributed by atoms with Crippen LogP contribution in [0.4, 0.5) is 10.7 Å². The Morgan fingerprint density at radius 1 is 1.10 bits per heavy atom. The molecule has 10 nitrogen and oxygen atoms in total. The standard InChI is InChI=1S/C18H20N4O6.Na.H/c1-22(11-23,10-12-5-7-13(8-6-12)16(24)28-4)18(25)21-17-19-14(26-2)9-15(20-17)27-3;;/h5-9,11H,10H2,1-4H3;;/q;+1;-1/p+1.